The van der Waals surface area contributed by atoms with Crippen LogP contribution in [0.15, 0.2) is 12.1 Å². The Kier molecular flexibility index (Phi) is 6.75. The molecule has 0 aromatic carbocycles. The lowest BCUT2D eigenvalue weighted by Gasteiger charge is -2.24. The van der Waals surface area contributed by atoms with Gasteiger partial charge in [-0.2, -0.15) is 0 Å². The second-order valence-corrected chi connectivity index (χ2v) is 4.07. The van der Waals surface area contributed by atoms with Gasteiger partial charge in [0.25, 0.3) is 0 Å². The maximum atomic E-state index is 11.5. The smallest absolute Gasteiger partial charge is 0.356 e. The van der Waals surface area contributed by atoms with Crippen LogP contribution in [-0.2, 0) is 14.2 Å². The number of hydrogen-bond acceptors (Lipinski definition) is 7. The van der Waals surface area contributed by atoms with Gasteiger partial charge in [-0.1, -0.05) is 0 Å². The van der Waals surface area contributed by atoms with Crippen LogP contribution in [0.1, 0.15) is 10.5 Å². The van der Waals surface area contributed by atoms with Crippen LogP contribution in [0.3, 0.4) is 0 Å². The zero-order valence-electron chi connectivity index (χ0n) is 12.1. The van der Waals surface area contributed by atoms with E-state index in [9.17, 15) is 4.79 Å². The summed E-state index contributed by atoms with van der Waals surface area (Å²) in [6.07, 6.45) is 0. The summed E-state index contributed by atoms with van der Waals surface area (Å²) in [6.45, 7) is 2.24. The highest BCUT2D eigenvalue weighted by molar-refractivity contribution is 5.88. The fourth-order valence-corrected chi connectivity index (χ4v) is 1.66. The average molecular weight is 283 g/mol. The van der Waals surface area contributed by atoms with E-state index in [1.54, 1.807) is 20.3 Å². The van der Waals surface area contributed by atoms with E-state index in [1.165, 1.54) is 13.2 Å². The summed E-state index contributed by atoms with van der Waals surface area (Å²) in [4.78, 5) is 17.7. The zero-order valence-corrected chi connectivity index (χ0v) is 12.1. The van der Waals surface area contributed by atoms with Gasteiger partial charge in [0.2, 0.25) is 0 Å². The van der Waals surface area contributed by atoms with Crippen molar-refractivity contribution in [2.75, 3.05) is 58.3 Å². The van der Waals surface area contributed by atoms with E-state index >= 15 is 0 Å². The summed E-state index contributed by atoms with van der Waals surface area (Å²) in [5.74, 6) is 0.0340. The molecule has 0 amide bonds. The molecule has 0 saturated heterocycles. The van der Waals surface area contributed by atoms with Crippen molar-refractivity contribution in [1.82, 2.24) is 4.98 Å². The lowest BCUT2D eigenvalue weighted by molar-refractivity contribution is 0.0594. The number of pyridine rings is 1. The number of carbonyl (C=O) groups is 1. The van der Waals surface area contributed by atoms with Gasteiger partial charge in [-0.15, -0.1) is 0 Å². The van der Waals surface area contributed by atoms with Crippen molar-refractivity contribution >= 4 is 17.5 Å². The lowest BCUT2D eigenvalue weighted by atomic mass is 10.3. The standard InChI is InChI=1S/C13H21N3O4/c1-18-8-6-16(7-9-19-2)12-10(14)4-5-11(15-12)13(17)20-3/h4-5H,6-9,14H2,1-3H3. The predicted octanol–water partition coefficient (Wildman–Crippen LogP) is 0.550. The van der Waals surface area contributed by atoms with Crippen LogP contribution in [0.5, 0.6) is 0 Å². The number of methoxy groups -OCH3 is 3. The molecule has 0 aliphatic rings. The average Bonchev–Trinajstić information content (AvgIpc) is 2.47. The quantitative estimate of drug-likeness (QED) is 0.697. The zero-order chi connectivity index (χ0) is 15.0. The first-order valence-electron chi connectivity index (χ1n) is 6.21. The third-order valence-corrected chi connectivity index (χ3v) is 2.73. The van der Waals surface area contributed by atoms with Gasteiger partial charge in [0.15, 0.2) is 11.5 Å². The predicted molar refractivity (Wildman–Crippen MR) is 76.0 cm³/mol. The maximum Gasteiger partial charge on any atom is 0.356 e. The first-order valence-corrected chi connectivity index (χ1v) is 6.21. The monoisotopic (exact) mass is 283 g/mol. The third kappa shape index (κ3) is 4.36. The fraction of sp³-hybridized carbons (Fsp3) is 0.538. The molecule has 0 saturated carbocycles. The molecule has 0 spiro atoms. The molecule has 0 atom stereocenters. The van der Waals surface area contributed by atoms with Gasteiger partial charge >= 0.3 is 5.97 Å². The van der Waals surface area contributed by atoms with Crippen molar-refractivity contribution in [3.63, 3.8) is 0 Å². The molecule has 0 radical (unpaired) electrons. The van der Waals surface area contributed by atoms with E-state index in [0.29, 0.717) is 37.8 Å². The van der Waals surface area contributed by atoms with Gasteiger partial charge in [0.1, 0.15) is 0 Å². The normalized spacial score (nSPS) is 10.3. The number of carbonyl (C=O) groups excluding carboxylic acids is 1. The molecule has 1 rings (SSSR count). The lowest BCUT2D eigenvalue weighted by Crippen LogP contribution is -2.32. The summed E-state index contributed by atoms with van der Waals surface area (Å²) in [6, 6.07) is 3.18. The minimum absolute atomic E-state index is 0.219. The summed E-state index contributed by atoms with van der Waals surface area (Å²) < 4.78 is 14.8. The van der Waals surface area contributed by atoms with Crippen LogP contribution in [0.25, 0.3) is 0 Å². The van der Waals surface area contributed by atoms with Gasteiger partial charge in [0.05, 0.1) is 26.0 Å². The molecule has 0 fully saturated rings. The van der Waals surface area contributed by atoms with E-state index in [1.807, 2.05) is 4.90 Å². The number of anilines is 2. The molecule has 0 unspecified atom stereocenters. The van der Waals surface area contributed by atoms with Crippen LogP contribution >= 0.6 is 0 Å². The van der Waals surface area contributed by atoms with Crippen molar-refractivity contribution < 1.29 is 19.0 Å². The minimum atomic E-state index is -0.496. The highest BCUT2D eigenvalue weighted by atomic mass is 16.5. The van der Waals surface area contributed by atoms with Crippen molar-refractivity contribution in [2.45, 2.75) is 0 Å². The van der Waals surface area contributed by atoms with Gasteiger partial charge in [-0.3, -0.25) is 0 Å². The number of nitrogens with zero attached hydrogens (tertiary/aromatic N) is 2. The van der Waals surface area contributed by atoms with Crippen LogP contribution in [0.4, 0.5) is 11.5 Å². The topological polar surface area (TPSA) is 86.9 Å². The van der Waals surface area contributed by atoms with E-state index in [0.717, 1.165) is 0 Å². The Balaban J connectivity index is 3.00. The molecule has 2 N–H and O–H groups in total. The van der Waals surface area contributed by atoms with Crippen molar-refractivity contribution in [3.8, 4) is 0 Å². The molecule has 1 aromatic heterocycles. The summed E-state index contributed by atoms with van der Waals surface area (Å²) >= 11 is 0. The molecule has 0 aliphatic heterocycles. The number of rotatable bonds is 8. The van der Waals surface area contributed by atoms with Crippen molar-refractivity contribution in [1.29, 1.82) is 0 Å². The minimum Gasteiger partial charge on any atom is -0.464 e. The van der Waals surface area contributed by atoms with Crippen LogP contribution in [0.2, 0.25) is 0 Å². The molecule has 0 bridgehead atoms. The third-order valence-electron chi connectivity index (χ3n) is 2.73. The van der Waals surface area contributed by atoms with E-state index < -0.39 is 5.97 Å². The molecule has 7 nitrogen and oxygen atoms in total. The molecule has 7 heteroatoms. The molecule has 1 aromatic rings. The molecule has 1 heterocycles. The van der Waals surface area contributed by atoms with Gasteiger partial charge < -0.3 is 24.8 Å². The van der Waals surface area contributed by atoms with Crippen LogP contribution in [-0.4, -0.2) is 58.6 Å². The van der Waals surface area contributed by atoms with Gasteiger partial charge in [-0.05, 0) is 12.1 Å². The molecular weight excluding hydrogens is 262 g/mol. The summed E-state index contributed by atoms with van der Waals surface area (Å²) in [7, 11) is 4.56. The molecular formula is C13H21N3O4. The highest BCUT2D eigenvalue weighted by Gasteiger charge is 2.15. The first-order chi connectivity index (χ1) is 9.63. The van der Waals surface area contributed by atoms with Crippen LogP contribution in [0, 0.1) is 0 Å². The molecule has 20 heavy (non-hydrogen) atoms. The Bertz CT molecular complexity index is 432. The van der Waals surface area contributed by atoms with Crippen LogP contribution < -0.4 is 10.6 Å². The molecule has 112 valence electrons. The Morgan fingerprint density at radius 3 is 2.30 bits per heavy atom. The summed E-state index contributed by atoms with van der Waals surface area (Å²) in [5, 5.41) is 0. The van der Waals surface area contributed by atoms with E-state index in [-0.39, 0.29) is 5.69 Å². The Hall–Kier alpha value is -1.86. The number of nitrogens with two attached hydrogens (primary N) is 1. The Labute approximate surface area is 118 Å². The summed E-state index contributed by atoms with van der Waals surface area (Å²) in [5.41, 5.74) is 6.65. The fourth-order valence-electron chi connectivity index (χ4n) is 1.66. The number of ether oxygens (including phenoxy) is 3. The largest absolute Gasteiger partial charge is 0.464 e. The van der Waals surface area contributed by atoms with Gasteiger partial charge in [-0.25, -0.2) is 9.78 Å². The first kappa shape index (κ1) is 16.2. The Morgan fingerprint density at radius 1 is 1.20 bits per heavy atom. The number of hydrogen-bond donors (Lipinski definition) is 1. The van der Waals surface area contributed by atoms with Crippen molar-refractivity contribution in [2.24, 2.45) is 0 Å². The van der Waals surface area contributed by atoms with Crippen molar-refractivity contribution in [3.05, 3.63) is 17.8 Å². The number of aromatic nitrogens is 1. The molecule has 0 aliphatic carbocycles. The second-order valence-electron chi connectivity index (χ2n) is 4.07. The van der Waals surface area contributed by atoms with E-state index in [2.05, 4.69) is 9.72 Å². The Morgan fingerprint density at radius 2 is 1.80 bits per heavy atom. The highest BCUT2D eigenvalue weighted by Crippen LogP contribution is 2.21. The number of esters is 1. The number of nitrogen functional groups attached to an aromatic ring is 1. The second kappa shape index (κ2) is 8.34. The SMILES string of the molecule is COCCN(CCOC)c1nc(C(=O)OC)ccc1N. The van der Waals surface area contributed by atoms with Gasteiger partial charge in [0, 0.05) is 27.3 Å². The van der Waals surface area contributed by atoms with E-state index in [4.69, 9.17) is 15.2 Å². The maximum absolute atomic E-state index is 11.5.